The predicted molar refractivity (Wildman–Crippen MR) is 113 cm³/mol. The molecule has 3 aromatic carbocycles. The maximum absolute atomic E-state index is 2.45. The minimum Gasteiger partial charge on any atom is -0.0646 e. The SMILES string of the molecule is CC(C)(C)CC1=Cc2c(-c3ccccc3)ccc(-c3ccccc3)c2C1. The first-order valence-electron chi connectivity index (χ1n) is 9.47. The molecule has 0 atom stereocenters. The van der Waals surface area contributed by atoms with Crippen molar-refractivity contribution in [2.45, 2.75) is 33.6 Å². The first kappa shape index (κ1) is 16.8. The third-order valence-corrected chi connectivity index (χ3v) is 5.04. The first-order chi connectivity index (χ1) is 12.5. The van der Waals surface area contributed by atoms with Gasteiger partial charge in [-0.05, 0) is 51.6 Å². The van der Waals surface area contributed by atoms with E-state index in [2.05, 4.69) is 99.6 Å². The van der Waals surface area contributed by atoms with Gasteiger partial charge >= 0.3 is 0 Å². The highest BCUT2D eigenvalue weighted by Gasteiger charge is 2.23. The predicted octanol–water partition coefficient (Wildman–Crippen LogP) is 7.40. The minimum absolute atomic E-state index is 0.313. The van der Waals surface area contributed by atoms with Gasteiger partial charge in [0.25, 0.3) is 0 Å². The molecule has 0 bridgehead atoms. The van der Waals surface area contributed by atoms with Crippen molar-refractivity contribution in [3.63, 3.8) is 0 Å². The van der Waals surface area contributed by atoms with Gasteiger partial charge in [-0.1, -0.05) is 105 Å². The van der Waals surface area contributed by atoms with E-state index in [1.807, 2.05) is 0 Å². The molecular weight excluding hydrogens is 312 g/mol. The number of fused-ring (bicyclic) bond motifs is 1. The fourth-order valence-corrected chi connectivity index (χ4v) is 4.05. The van der Waals surface area contributed by atoms with Crippen LogP contribution < -0.4 is 0 Å². The number of benzene rings is 3. The smallest absolute Gasteiger partial charge is 0.00512 e. The van der Waals surface area contributed by atoms with E-state index in [1.165, 1.54) is 33.4 Å². The second-order valence-electron chi connectivity index (χ2n) is 8.50. The topological polar surface area (TPSA) is 0 Å². The standard InChI is InChI=1S/C26H26/c1-26(2,3)18-19-16-24-22(20-10-6-4-7-11-20)14-15-23(25(24)17-19)21-12-8-5-9-13-21/h4-16H,17-18H2,1-3H3. The Labute approximate surface area is 157 Å². The largest absolute Gasteiger partial charge is 0.0646 e. The molecule has 0 nitrogen and oxygen atoms in total. The van der Waals surface area contributed by atoms with Crippen molar-refractivity contribution in [3.05, 3.63) is 89.5 Å². The number of allylic oxidation sites excluding steroid dienone is 1. The fraction of sp³-hybridized carbons (Fsp3) is 0.231. The highest BCUT2D eigenvalue weighted by Crippen LogP contribution is 2.42. The summed E-state index contributed by atoms with van der Waals surface area (Å²) in [6.45, 7) is 6.98. The van der Waals surface area contributed by atoms with Crippen LogP contribution in [0, 0.1) is 5.41 Å². The van der Waals surface area contributed by atoms with Crippen molar-refractivity contribution < 1.29 is 0 Å². The van der Waals surface area contributed by atoms with Gasteiger partial charge in [-0.15, -0.1) is 0 Å². The molecule has 1 aliphatic rings. The summed E-state index contributed by atoms with van der Waals surface area (Å²) in [4.78, 5) is 0. The highest BCUT2D eigenvalue weighted by molar-refractivity contribution is 5.87. The molecule has 1 aliphatic carbocycles. The van der Waals surface area contributed by atoms with Crippen molar-refractivity contribution in [1.82, 2.24) is 0 Å². The van der Waals surface area contributed by atoms with Gasteiger partial charge in [-0.3, -0.25) is 0 Å². The van der Waals surface area contributed by atoms with Crippen LogP contribution in [0.15, 0.2) is 78.4 Å². The van der Waals surface area contributed by atoms with Crippen LogP contribution in [0.2, 0.25) is 0 Å². The van der Waals surface area contributed by atoms with Crippen molar-refractivity contribution >= 4 is 6.08 Å². The summed E-state index contributed by atoms with van der Waals surface area (Å²) in [5, 5.41) is 0. The van der Waals surface area contributed by atoms with Crippen molar-refractivity contribution in [1.29, 1.82) is 0 Å². The van der Waals surface area contributed by atoms with Crippen LogP contribution in [-0.4, -0.2) is 0 Å². The molecule has 0 heterocycles. The zero-order valence-electron chi connectivity index (χ0n) is 15.9. The Morgan fingerprint density at radius 1 is 0.692 bits per heavy atom. The molecule has 0 aliphatic heterocycles. The van der Waals surface area contributed by atoms with E-state index in [-0.39, 0.29) is 0 Å². The summed E-state index contributed by atoms with van der Waals surface area (Å²) in [6.07, 6.45) is 4.66. The van der Waals surface area contributed by atoms with Crippen molar-refractivity contribution in [2.24, 2.45) is 5.41 Å². The molecule has 0 unspecified atom stereocenters. The van der Waals surface area contributed by atoms with Crippen LogP contribution in [0.4, 0.5) is 0 Å². The molecule has 0 saturated carbocycles. The lowest BCUT2D eigenvalue weighted by Gasteiger charge is -2.19. The van der Waals surface area contributed by atoms with E-state index in [1.54, 1.807) is 5.57 Å². The van der Waals surface area contributed by atoms with E-state index in [9.17, 15) is 0 Å². The van der Waals surface area contributed by atoms with Crippen LogP contribution in [0.1, 0.15) is 38.3 Å². The maximum Gasteiger partial charge on any atom is -0.00512 e. The molecule has 4 rings (SSSR count). The van der Waals surface area contributed by atoms with E-state index < -0.39 is 0 Å². The second kappa shape index (κ2) is 6.61. The zero-order chi connectivity index (χ0) is 18.1. The molecule has 0 N–H and O–H groups in total. The number of hydrogen-bond acceptors (Lipinski definition) is 0. The molecule has 130 valence electrons. The molecule has 0 spiro atoms. The number of rotatable bonds is 3. The highest BCUT2D eigenvalue weighted by atomic mass is 14.3. The van der Waals surface area contributed by atoms with Gasteiger partial charge in [0.05, 0.1) is 0 Å². The fourth-order valence-electron chi connectivity index (χ4n) is 4.05. The third kappa shape index (κ3) is 3.37. The lowest BCUT2D eigenvalue weighted by molar-refractivity contribution is 0.408. The molecule has 0 heteroatoms. The third-order valence-electron chi connectivity index (χ3n) is 5.04. The van der Waals surface area contributed by atoms with E-state index in [4.69, 9.17) is 0 Å². The van der Waals surface area contributed by atoms with Crippen molar-refractivity contribution in [2.75, 3.05) is 0 Å². The van der Waals surface area contributed by atoms with Crippen molar-refractivity contribution in [3.8, 4) is 22.3 Å². The number of hydrogen-bond donors (Lipinski definition) is 0. The van der Waals surface area contributed by atoms with Crippen LogP contribution >= 0.6 is 0 Å². The summed E-state index contributed by atoms with van der Waals surface area (Å²) in [7, 11) is 0. The Kier molecular flexibility index (Phi) is 4.28. The van der Waals surface area contributed by atoms with E-state index in [0.717, 1.165) is 12.8 Å². The maximum atomic E-state index is 2.45. The van der Waals surface area contributed by atoms with Crippen LogP contribution in [0.3, 0.4) is 0 Å². The molecular formula is C26H26. The molecule has 0 aromatic heterocycles. The van der Waals surface area contributed by atoms with Gasteiger partial charge in [-0.25, -0.2) is 0 Å². The molecule has 26 heavy (non-hydrogen) atoms. The van der Waals surface area contributed by atoms with Crippen LogP contribution in [0.5, 0.6) is 0 Å². The van der Waals surface area contributed by atoms with Gasteiger partial charge in [0, 0.05) is 0 Å². The average Bonchev–Trinajstić information content (AvgIpc) is 3.03. The molecule has 3 aromatic rings. The first-order valence-corrected chi connectivity index (χ1v) is 9.47. The Morgan fingerprint density at radius 2 is 1.23 bits per heavy atom. The van der Waals surface area contributed by atoms with Crippen LogP contribution in [-0.2, 0) is 6.42 Å². The molecule has 0 fully saturated rings. The van der Waals surface area contributed by atoms with Gasteiger partial charge in [0.15, 0.2) is 0 Å². The van der Waals surface area contributed by atoms with Gasteiger partial charge < -0.3 is 0 Å². The van der Waals surface area contributed by atoms with Gasteiger partial charge in [0.1, 0.15) is 0 Å². The second-order valence-corrected chi connectivity index (χ2v) is 8.50. The zero-order valence-corrected chi connectivity index (χ0v) is 15.9. The lowest BCUT2D eigenvalue weighted by Crippen LogP contribution is -2.06. The summed E-state index contributed by atoms with van der Waals surface area (Å²) >= 11 is 0. The van der Waals surface area contributed by atoms with Gasteiger partial charge in [-0.2, -0.15) is 0 Å². The molecule has 0 saturated heterocycles. The van der Waals surface area contributed by atoms with E-state index in [0.29, 0.717) is 5.41 Å². The summed E-state index contributed by atoms with van der Waals surface area (Å²) in [5.74, 6) is 0. The Morgan fingerprint density at radius 3 is 1.81 bits per heavy atom. The monoisotopic (exact) mass is 338 g/mol. The molecule has 0 radical (unpaired) electrons. The Balaban J connectivity index is 1.85. The van der Waals surface area contributed by atoms with Gasteiger partial charge in [0.2, 0.25) is 0 Å². The average molecular weight is 338 g/mol. The Bertz CT molecular complexity index is 939. The van der Waals surface area contributed by atoms with Crippen LogP contribution in [0.25, 0.3) is 28.3 Å². The quantitative estimate of drug-likeness (QED) is 0.467. The minimum atomic E-state index is 0.313. The summed E-state index contributed by atoms with van der Waals surface area (Å²) in [5.41, 5.74) is 10.1. The summed E-state index contributed by atoms with van der Waals surface area (Å²) < 4.78 is 0. The Hall–Kier alpha value is -2.60. The normalized spacial score (nSPS) is 13.4. The molecule has 0 amide bonds. The lowest BCUT2D eigenvalue weighted by atomic mass is 9.86. The van der Waals surface area contributed by atoms with E-state index >= 15 is 0 Å². The summed E-state index contributed by atoms with van der Waals surface area (Å²) in [6, 6.07) is 26.2.